The molecule has 6 N–H and O–H groups in total. The van der Waals surface area contributed by atoms with Crippen molar-refractivity contribution in [2.24, 2.45) is 29.4 Å². The molecule has 0 bridgehead atoms. The van der Waals surface area contributed by atoms with E-state index in [0.29, 0.717) is 31.1 Å². The third kappa shape index (κ3) is 11.6. The Labute approximate surface area is 223 Å². The summed E-state index contributed by atoms with van der Waals surface area (Å²) >= 11 is 0. The third-order valence-electron chi connectivity index (χ3n) is 8.47. The van der Waals surface area contributed by atoms with Crippen molar-refractivity contribution < 1.29 is 39.3 Å². The normalized spacial score (nSPS) is 30.8. The lowest BCUT2D eigenvalue weighted by molar-refractivity contribution is -0.699. The molecule has 2 aliphatic rings. The standard InChI is InChI=1S/C28H52N2O7/c1-5-20(17-31)6-8-24(36-18(2)32)16-25(37-19(3)33)9-7-21-12-23(28(34)26(14-21)35-4)13-22-10-11-30-27(29)15-22/h20-28,30-31,34H,5-17,29H2,1-4H3/p+1/t20-,21?,22?,23?,24-,25+,26?,27?,28?/m0/s1. The highest BCUT2D eigenvalue weighted by molar-refractivity contribution is 5.66. The van der Waals surface area contributed by atoms with Crippen LogP contribution in [0.15, 0.2) is 0 Å². The highest BCUT2D eigenvalue weighted by Crippen LogP contribution is 2.39. The Bertz CT molecular complexity index is 675. The molecular weight excluding hydrogens is 476 g/mol. The molecule has 0 aromatic rings. The molecule has 0 spiro atoms. The van der Waals surface area contributed by atoms with Gasteiger partial charge in [0, 0.05) is 40.4 Å². The van der Waals surface area contributed by atoms with Crippen LogP contribution in [0.25, 0.3) is 0 Å². The molecule has 2 fully saturated rings. The maximum atomic E-state index is 11.9. The van der Waals surface area contributed by atoms with E-state index in [-0.39, 0.29) is 54.9 Å². The van der Waals surface area contributed by atoms with Gasteiger partial charge in [-0.3, -0.25) is 15.3 Å². The van der Waals surface area contributed by atoms with E-state index in [1.165, 1.54) is 13.8 Å². The van der Waals surface area contributed by atoms with Gasteiger partial charge in [-0.15, -0.1) is 0 Å². The molecule has 9 atom stereocenters. The van der Waals surface area contributed by atoms with Crippen LogP contribution in [0.2, 0.25) is 0 Å². The Hall–Kier alpha value is -1.26. The second-order valence-electron chi connectivity index (χ2n) is 11.5. The molecule has 0 aromatic carbocycles. The predicted molar refractivity (Wildman–Crippen MR) is 140 cm³/mol. The first kappa shape index (κ1) is 32.0. The fraction of sp³-hybridized carbons (Fsp3) is 0.929. The SMILES string of the molecule is CC[C@H](CO)CC[C@@H](C[C@@H](CCC1CC(CC2CC[NH2+]C(N)C2)C(O)C(OC)C1)OC(C)=O)OC(C)=O. The number of nitrogens with two attached hydrogens (primary N) is 2. The van der Waals surface area contributed by atoms with Gasteiger partial charge in [0.1, 0.15) is 18.4 Å². The summed E-state index contributed by atoms with van der Waals surface area (Å²) < 4.78 is 16.9. The van der Waals surface area contributed by atoms with Crippen LogP contribution in [0.4, 0.5) is 0 Å². The predicted octanol–water partition coefficient (Wildman–Crippen LogP) is 1.87. The Kier molecular flexibility index (Phi) is 14.4. The van der Waals surface area contributed by atoms with Gasteiger partial charge in [-0.2, -0.15) is 0 Å². The topological polar surface area (TPSA) is 145 Å². The Balaban J connectivity index is 2.00. The number of methoxy groups -OCH3 is 1. The number of aliphatic hydroxyl groups excluding tert-OH is 2. The van der Waals surface area contributed by atoms with Crippen LogP contribution < -0.4 is 11.1 Å². The number of hydrogen-bond donors (Lipinski definition) is 4. The summed E-state index contributed by atoms with van der Waals surface area (Å²) in [5, 5.41) is 22.7. The van der Waals surface area contributed by atoms with E-state index in [4.69, 9.17) is 19.9 Å². The molecule has 37 heavy (non-hydrogen) atoms. The van der Waals surface area contributed by atoms with Crippen molar-refractivity contribution in [3.8, 4) is 0 Å². The van der Waals surface area contributed by atoms with Gasteiger partial charge in [0.05, 0.1) is 18.8 Å². The first-order valence-electron chi connectivity index (χ1n) is 14.4. The summed E-state index contributed by atoms with van der Waals surface area (Å²) in [6.07, 6.45) is 7.73. The number of carbonyl (C=O) groups excluding carboxylic acids is 2. The highest BCUT2D eigenvalue weighted by Gasteiger charge is 2.39. The molecule has 9 nitrogen and oxygen atoms in total. The number of rotatable bonds is 15. The minimum absolute atomic E-state index is 0.108. The minimum atomic E-state index is -0.473. The molecule has 2 rings (SSSR count). The number of aliphatic hydroxyl groups is 2. The van der Waals surface area contributed by atoms with E-state index in [9.17, 15) is 19.8 Å². The lowest BCUT2D eigenvalue weighted by Crippen LogP contribution is -2.94. The second kappa shape index (κ2) is 16.6. The van der Waals surface area contributed by atoms with Gasteiger partial charge in [0.2, 0.25) is 0 Å². The number of ether oxygens (including phenoxy) is 3. The summed E-state index contributed by atoms with van der Waals surface area (Å²) in [5.41, 5.74) is 6.16. The highest BCUT2D eigenvalue weighted by atomic mass is 16.6. The largest absolute Gasteiger partial charge is 0.462 e. The smallest absolute Gasteiger partial charge is 0.302 e. The van der Waals surface area contributed by atoms with Gasteiger partial charge in [-0.25, -0.2) is 0 Å². The van der Waals surface area contributed by atoms with Crippen LogP contribution in [-0.4, -0.2) is 73.0 Å². The summed E-state index contributed by atoms with van der Waals surface area (Å²) in [5.74, 6) is 0.524. The average Bonchev–Trinajstić information content (AvgIpc) is 2.84. The van der Waals surface area contributed by atoms with E-state index in [1.54, 1.807) is 7.11 Å². The summed E-state index contributed by atoms with van der Waals surface area (Å²) in [4.78, 5) is 23.6. The third-order valence-corrected chi connectivity index (χ3v) is 8.47. The molecule has 0 aromatic heterocycles. The second-order valence-corrected chi connectivity index (χ2v) is 11.5. The van der Waals surface area contributed by atoms with Gasteiger partial charge in [-0.05, 0) is 75.0 Å². The zero-order valence-electron chi connectivity index (χ0n) is 23.5. The Morgan fingerprint density at radius 3 is 2.27 bits per heavy atom. The minimum Gasteiger partial charge on any atom is -0.462 e. The molecule has 1 heterocycles. The van der Waals surface area contributed by atoms with Gasteiger partial charge < -0.3 is 29.7 Å². The lowest BCUT2D eigenvalue weighted by Gasteiger charge is -2.41. The van der Waals surface area contributed by atoms with E-state index in [2.05, 4.69) is 5.32 Å². The molecule has 216 valence electrons. The van der Waals surface area contributed by atoms with Crippen LogP contribution in [-0.2, 0) is 23.8 Å². The van der Waals surface area contributed by atoms with Crippen LogP contribution in [0.3, 0.4) is 0 Å². The lowest BCUT2D eigenvalue weighted by atomic mass is 9.71. The molecule has 0 radical (unpaired) electrons. The summed E-state index contributed by atoms with van der Waals surface area (Å²) in [7, 11) is 1.67. The zero-order chi connectivity index (χ0) is 27.4. The average molecular weight is 530 g/mol. The number of carbonyl (C=O) groups is 2. The number of piperidine rings is 1. The van der Waals surface area contributed by atoms with Crippen molar-refractivity contribution in [1.82, 2.24) is 0 Å². The first-order chi connectivity index (χ1) is 17.6. The number of hydrogen-bond acceptors (Lipinski definition) is 8. The molecule has 6 unspecified atom stereocenters. The summed E-state index contributed by atoms with van der Waals surface area (Å²) in [6.45, 7) is 5.99. The van der Waals surface area contributed by atoms with E-state index >= 15 is 0 Å². The van der Waals surface area contributed by atoms with Crippen molar-refractivity contribution in [3.05, 3.63) is 0 Å². The van der Waals surface area contributed by atoms with E-state index < -0.39 is 6.10 Å². The van der Waals surface area contributed by atoms with Crippen molar-refractivity contribution in [2.45, 2.75) is 122 Å². The maximum absolute atomic E-state index is 11.9. The summed E-state index contributed by atoms with van der Waals surface area (Å²) in [6, 6.07) is 0. The van der Waals surface area contributed by atoms with Crippen molar-refractivity contribution >= 4 is 11.9 Å². The molecule has 9 heteroatoms. The van der Waals surface area contributed by atoms with Crippen molar-refractivity contribution in [1.29, 1.82) is 0 Å². The quantitative estimate of drug-likeness (QED) is 0.235. The first-order valence-corrected chi connectivity index (χ1v) is 14.4. The van der Waals surface area contributed by atoms with Crippen LogP contribution in [0.1, 0.15) is 91.4 Å². The van der Waals surface area contributed by atoms with Gasteiger partial charge >= 0.3 is 11.9 Å². The van der Waals surface area contributed by atoms with E-state index in [1.807, 2.05) is 6.92 Å². The van der Waals surface area contributed by atoms with Crippen LogP contribution >= 0.6 is 0 Å². The zero-order valence-corrected chi connectivity index (χ0v) is 23.5. The van der Waals surface area contributed by atoms with Crippen molar-refractivity contribution in [2.75, 3.05) is 20.3 Å². The number of esters is 2. The molecular formula is C28H53N2O7+. The molecule has 1 saturated carbocycles. The molecule has 1 aliphatic heterocycles. The maximum Gasteiger partial charge on any atom is 0.302 e. The number of quaternary nitrogens is 1. The van der Waals surface area contributed by atoms with Crippen LogP contribution in [0, 0.1) is 23.7 Å². The monoisotopic (exact) mass is 529 g/mol. The Morgan fingerprint density at radius 2 is 1.70 bits per heavy atom. The van der Waals surface area contributed by atoms with Gasteiger partial charge in [0.25, 0.3) is 0 Å². The van der Waals surface area contributed by atoms with Gasteiger partial charge in [0.15, 0.2) is 0 Å². The van der Waals surface area contributed by atoms with Crippen LogP contribution in [0.5, 0.6) is 0 Å². The van der Waals surface area contributed by atoms with E-state index in [0.717, 1.165) is 57.9 Å². The molecule has 1 aliphatic carbocycles. The molecule has 0 amide bonds. The molecule has 1 saturated heterocycles. The van der Waals surface area contributed by atoms with Gasteiger partial charge in [-0.1, -0.05) is 13.3 Å². The Morgan fingerprint density at radius 1 is 1.03 bits per heavy atom. The fourth-order valence-electron chi connectivity index (χ4n) is 6.41. The van der Waals surface area contributed by atoms with Crippen molar-refractivity contribution in [3.63, 3.8) is 0 Å². The fourth-order valence-corrected chi connectivity index (χ4v) is 6.41.